The summed E-state index contributed by atoms with van der Waals surface area (Å²) >= 11 is 0. The van der Waals surface area contributed by atoms with Crippen LogP contribution in [0.3, 0.4) is 0 Å². The standard InChI is InChI=1S/C18H19N3O/c1-12-6-13(10-19-9-12)14-7-17-15(20-11-14)8-18(22-17)16-4-3-5-21(16)2/h6-11,16H,3-5H2,1-2H3/t16-/m1/s1. The van der Waals surface area contributed by atoms with Crippen molar-refractivity contribution in [3.63, 3.8) is 0 Å². The molecule has 0 N–H and O–H groups in total. The zero-order valence-corrected chi connectivity index (χ0v) is 12.9. The highest BCUT2D eigenvalue weighted by Crippen LogP contribution is 2.34. The van der Waals surface area contributed by atoms with E-state index in [4.69, 9.17) is 4.42 Å². The molecule has 0 unspecified atom stereocenters. The molecule has 0 radical (unpaired) electrons. The Labute approximate surface area is 129 Å². The summed E-state index contributed by atoms with van der Waals surface area (Å²) in [6.07, 6.45) is 8.01. The summed E-state index contributed by atoms with van der Waals surface area (Å²) in [6, 6.07) is 6.65. The molecule has 1 atom stereocenters. The van der Waals surface area contributed by atoms with Gasteiger partial charge in [0.2, 0.25) is 0 Å². The molecule has 4 rings (SSSR count). The molecule has 0 bridgehead atoms. The SMILES string of the molecule is Cc1cncc(-c2cnc3cc([C@H]4CCCN4C)oc3c2)c1. The molecular formula is C18H19N3O. The average molecular weight is 293 g/mol. The fourth-order valence-electron chi connectivity index (χ4n) is 3.24. The van der Waals surface area contributed by atoms with Crippen LogP contribution < -0.4 is 0 Å². The number of pyridine rings is 2. The Hall–Kier alpha value is -2.20. The lowest BCUT2D eigenvalue weighted by Crippen LogP contribution is -2.16. The molecule has 0 amide bonds. The second-order valence-electron chi connectivity index (χ2n) is 6.15. The van der Waals surface area contributed by atoms with Crippen LogP contribution in [0.5, 0.6) is 0 Å². The van der Waals surface area contributed by atoms with E-state index in [0.29, 0.717) is 6.04 Å². The summed E-state index contributed by atoms with van der Waals surface area (Å²) < 4.78 is 6.09. The first-order valence-electron chi connectivity index (χ1n) is 7.72. The van der Waals surface area contributed by atoms with Crippen LogP contribution in [0.25, 0.3) is 22.2 Å². The second-order valence-corrected chi connectivity index (χ2v) is 6.15. The van der Waals surface area contributed by atoms with Gasteiger partial charge < -0.3 is 4.42 Å². The number of fused-ring (bicyclic) bond motifs is 1. The van der Waals surface area contributed by atoms with Crippen molar-refractivity contribution in [3.05, 3.63) is 48.1 Å². The molecule has 1 aliphatic heterocycles. The molecule has 1 saturated heterocycles. The van der Waals surface area contributed by atoms with E-state index in [1.807, 2.05) is 25.5 Å². The molecule has 0 saturated carbocycles. The predicted octanol–water partition coefficient (Wildman–Crippen LogP) is 3.96. The molecular weight excluding hydrogens is 274 g/mol. The Morgan fingerprint density at radius 1 is 1.14 bits per heavy atom. The maximum absolute atomic E-state index is 6.09. The fourth-order valence-corrected chi connectivity index (χ4v) is 3.24. The van der Waals surface area contributed by atoms with Gasteiger partial charge >= 0.3 is 0 Å². The van der Waals surface area contributed by atoms with E-state index in [-0.39, 0.29) is 0 Å². The van der Waals surface area contributed by atoms with Crippen molar-refractivity contribution in [1.29, 1.82) is 0 Å². The van der Waals surface area contributed by atoms with Crippen LogP contribution in [0.1, 0.15) is 30.2 Å². The Morgan fingerprint density at radius 2 is 2.00 bits per heavy atom. The summed E-state index contributed by atoms with van der Waals surface area (Å²) in [5.41, 5.74) is 5.05. The van der Waals surface area contributed by atoms with Gasteiger partial charge in [-0.15, -0.1) is 0 Å². The number of hydrogen-bond donors (Lipinski definition) is 0. The van der Waals surface area contributed by atoms with Crippen molar-refractivity contribution in [2.75, 3.05) is 13.6 Å². The minimum absolute atomic E-state index is 0.387. The maximum atomic E-state index is 6.09. The summed E-state index contributed by atoms with van der Waals surface area (Å²) in [6.45, 7) is 3.18. The quantitative estimate of drug-likeness (QED) is 0.717. The van der Waals surface area contributed by atoms with E-state index >= 15 is 0 Å². The normalized spacial score (nSPS) is 19.1. The summed E-state index contributed by atoms with van der Waals surface area (Å²) in [4.78, 5) is 11.2. The summed E-state index contributed by atoms with van der Waals surface area (Å²) in [5, 5.41) is 0. The van der Waals surface area contributed by atoms with Crippen molar-refractivity contribution in [1.82, 2.24) is 14.9 Å². The number of aromatic nitrogens is 2. The van der Waals surface area contributed by atoms with Crippen LogP contribution in [0.2, 0.25) is 0 Å². The number of nitrogens with zero attached hydrogens (tertiary/aromatic N) is 3. The zero-order valence-electron chi connectivity index (χ0n) is 12.9. The maximum Gasteiger partial charge on any atom is 0.153 e. The van der Waals surface area contributed by atoms with Crippen molar-refractivity contribution in [3.8, 4) is 11.1 Å². The van der Waals surface area contributed by atoms with Crippen LogP contribution in [0.4, 0.5) is 0 Å². The van der Waals surface area contributed by atoms with E-state index in [2.05, 4.69) is 40.1 Å². The van der Waals surface area contributed by atoms with Crippen LogP contribution in [0.15, 0.2) is 41.2 Å². The molecule has 0 spiro atoms. The number of rotatable bonds is 2. The Balaban J connectivity index is 1.75. The average Bonchev–Trinajstić information content (AvgIpc) is 3.11. The van der Waals surface area contributed by atoms with E-state index in [1.165, 1.54) is 6.42 Å². The lowest BCUT2D eigenvalue weighted by Gasteiger charge is -2.16. The lowest BCUT2D eigenvalue weighted by molar-refractivity contribution is 0.281. The van der Waals surface area contributed by atoms with Gasteiger partial charge in [0.1, 0.15) is 11.3 Å². The minimum Gasteiger partial charge on any atom is -0.458 e. The van der Waals surface area contributed by atoms with Gasteiger partial charge in [-0.2, -0.15) is 0 Å². The van der Waals surface area contributed by atoms with Gasteiger partial charge in [-0.1, -0.05) is 0 Å². The van der Waals surface area contributed by atoms with Crippen LogP contribution >= 0.6 is 0 Å². The first-order valence-corrected chi connectivity index (χ1v) is 7.72. The largest absolute Gasteiger partial charge is 0.458 e. The number of furan rings is 1. The molecule has 0 aromatic carbocycles. The zero-order chi connectivity index (χ0) is 15.1. The third-order valence-corrected chi connectivity index (χ3v) is 4.45. The van der Waals surface area contributed by atoms with Gasteiger partial charge in [-0.25, -0.2) is 0 Å². The smallest absolute Gasteiger partial charge is 0.153 e. The molecule has 112 valence electrons. The second kappa shape index (κ2) is 5.21. The molecule has 22 heavy (non-hydrogen) atoms. The van der Waals surface area contributed by atoms with Gasteiger partial charge in [0.15, 0.2) is 5.58 Å². The van der Waals surface area contributed by atoms with Gasteiger partial charge in [-0.3, -0.25) is 14.9 Å². The van der Waals surface area contributed by atoms with Gasteiger partial charge in [-0.05, 0) is 51.1 Å². The van der Waals surface area contributed by atoms with E-state index < -0.39 is 0 Å². The monoisotopic (exact) mass is 293 g/mol. The highest BCUT2D eigenvalue weighted by Gasteiger charge is 2.26. The van der Waals surface area contributed by atoms with Crippen molar-refractivity contribution >= 4 is 11.1 Å². The molecule has 4 nitrogen and oxygen atoms in total. The first-order chi connectivity index (χ1) is 10.7. The minimum atomic E-state index is 0.387. The topological polar surface area (TPSA) is 42.2 Å². The Bertz CT molecular complexity index is 824. The number of likely N-dealkylation sites (tertiary alicyclic amines) is 1. The van der Waals surface area contributed by atoms with Gasteiger partial charge in [0, 0.05) is 35.8 Å². The van der Waals surface area contributed by atoms with Crippen molar-refractivity contribution in [2.45, 2.75) is 25.8 Å². The van der Waals surface area contributed by atoms with Crippen LogP contribution in [-0.4, -0.2) is 28.5 Å². The van der Waals surface area contributed by atoms with Crippen molar-refractivity contribution in [2.24, 2.45) is 0 Å². The molecule has 1 fully saturated rings. The highest BCUT2D eigenvalue weighted by molar-refractivity contribution is 5.79. The molecule has 4 heterocycles. The lowest BCUT2D eigenvalue weighted by atomic mass is 10.1. The molecule has 3 aromatic rings. The van der Waals surface area contributed by atoms with Gasteiger partial charge in [0.05, 0.1) is 6.04 Å². The Morgan fingerprint density at radius 3 is 2.77 bits per heavy atom. The fraction of sp³-hybridized carbons (Fsp3) is 0.333. The van der Waals surface area contributed by atoms with Crippen molar-refractivity contribution < 1.29 is 4.42 Å². The predicted molar refractivity (Wildman–Crippen MR) is 86.6 cm³/mol. The molecule has 4 heteroatoms. The third-order valence-electron chi connectivity index (χ3n) is 4.45. The van der Waals surface area contributed by atoms with Gasteiger partial charge in [0.25, 0.3) is 0 Å². The Kier molecular flexibility index (Phi) is 3.19. The van der Waals surface area contributed by atoms with Crippen LogP contribution in [-0.2, 0) is 0 Å². The van der Waals surface area contributed by atoms with E-state index in [9.17, 15) is 0 Å². The van der Waals surface area contributed by atoms with E-state index in [0.717, 1.165) is 46.5 Å². The summed E-state index contributed by atoms with van der Waals surface area (Å²) in [7, 11) is 2.15. The summed E-state index contributed by atoms with van der Waals surface area (Å²) in [5.74, 6) is 1.03. The van der Waals surface area contributed by atoms with Crippen LogP contribution in [0, 0.1) is 6.92 Å². The molecule has 3 aromatic heterocycles. The van der Waals surface area contributed by atoms with E-state index in [1.54, 1.807) is 0 Å². The molecule has 0 aliphatic carbocycles. The first kappa shape index (κ1) is 13.5. The highest BCUT2D eigenvalue weighted by atomic mass is 16.3. The number of hydrogen-bond acceptors (Lipinski definition) is 4. The molecule has 1 aliphatic rings. The third kappa shape index (κ3) is 2.29. The number of aryl methyl sites for hydroxylation is 1.